The van der Waals surface area contributed by atoms with Gasteiger partial charge >= 0.3 is 0 Å². The van der Waals surface area contributed by atoms with Crippen molar-refractivity contribution >= 4 is 29.4 Å². The molecule has 1 saturated carbocycles. The van der Waals surface area contributed by atoms with Gasteiger partial charge in [0.1, 0.15) is 24.1 Å². The van der Waals surface area contributed by atoms with Gasteiger partial charge in [-0.25, -0.2) is 13.4 Å². The van der Waals surface area contributed by atoms with Crippen LogP contribution in [-0.4, -0.2) is 66.0 Å². The average molecular weight is 505 g/mol. The first kappa shape index (κ1) is 25.0. The maximum Gasteiger partial charge on any atom is 0.175 e. The third-order valence-electron chi connectivity index (χ3n) is 6.48. The molecule has 1 aliphatic carbocycles. The first-order chi connectivity index (χ1) is 15.9. The molecule has 34 heavy (non-hydrogen) atoms. The lowest BCUT2D eigenvalue weighted by Crippen LogP contribution is -2.48. The van der Waals surface area contributed by atoms with Crippen molar-refractivity contribution in [3.8, 4) is 5.75 Å². The lowest BCUT2D eigenvalue weighted by Gasteiger charge is -2.34. The molecule has 0 aromatic heterocycles. The Balaban J connectivity index is 1.57. The molecule has 0 saturated heterocycles. The molecule has 1 fully saturated rings. The SMILES string of the molecule is COc1cc(S(C)(=O)=O)ccc1NC1=CC(N)(C2CC2)C2=CCN(COCC[Si](C)(C)C)C2=N1. The number of fused-ring (bicyclic) bond motifs is 1. The minimum absolute atomic E-state index is 0.202. The van der Waals surface area contributed by atoms with E-state index in [0.717, 1.165) is 43.4 Å². The highest BCUT2D eigenvalue weighted by Gasteiger charge is 2.49. The lowest BCUT2D eigenvalue weighted by molar-refractivity contribution is 0.0804. The Kier molecular flexibility index (Phi) is 6.71. The molecule has 0 amide bonds. The molecule has 2 aliphatic heterocycles. The molecule has 0 spiro atoms. The molecule has 4 rings (SSSR count). The largest absolute Gasteiger partial charge is 0.495 e. The quantitative estimate of drug-likeness (QED) is 0.371. The van der Waals surface area contributed by atoms with Crippen LogP contribution in [0.25, 0.3) is 0 Å². The Labute approximate surface area is 203 Å². The Morgan fingerprint density at radius 2 is 2.03 bits per heavy atom. The summed E-state index contributed by atoms with van der Waals surface area (Å²) in [6.45, 7) is 8.97. The standard InChI is InChI=1S/C24H36N4O4SSi/c1-31-21-14-18(33(2,29)30)8-9-20(21)26-22-15-24(25,17-6-7-17)19-10-11-28(23(19)27-22)16-32-12-13-34(3,4)5/h8-10,14-15,17,26H,6-7,11-13,16,25H2,1-5H3. The van der Waals surface area contributed by atoms with Gasteiger partial charge in [-0.1, -0.05) is 25.7 Å². The summed E-state index contributed by atoms with van der Waals surface area (Å²) in [7, 11) is -2.98. The van der Waals surface area contributed by atoms with Gasteiger partial charge in [-0.15, -0.1) is 0 Å². The predicted octanol–water partition coefficient (Wildman–Crippen LogP) is 3.43. The summed E-state index contributed by atoms with van der Waals surface area (Å²) >= 11 is 0. The summed E-state index contributed by atoms with van der Waals surface area (Å²) in [6.07, 6.45) is 7.53. The zero-order valence-electron chi connectivity index (χ0n) is 20.7. The number of benzene rings is 1. The molecule has 3 aliphatic rings. The van der Waals surface area contributed by atoms with Crippen LogP contribution in [0.3, 0.4) is 0 Å². The van der Waals surface area contributed by atoms with Crippen LogP contribution in [0.5, 0.6) is 5.75 Å². The number of nitrogens with zero attached hydrogens (tertiary/aromatic N) is 2. The van der Waals surface area contributed by atoms with E-state index in [1.165, 1.54) is 19.4 Å². The number of hydrogen-bond donors (Lipinski definition) is 2. The van der Waals surface area contributed by atoms with Crippen molar-refractivity contribution in [1.29, 1.82) is 0 Å². The van der Waals surface area contributed by atoms with Gasteiger partial charge in [0.25, 0.3) is 0 Å². The second-order valence-corrected chi connectivity index (χ2v) is 18.3. The number of nitrogens with one attached hydrogen (secondary N) is 1. The van der Waals surface area contributed by atoms with Crippen LogP contribution in [0.4, 0.5) is 5.69 Å². The molecule has 10 heteroatoms. The minimum atomic E-state index is -3.34. The summed E-state index contributed by atoms with van der Waals surface area (Å²) in [5, 5.41) is 3.32. The van der Waals surface area contributed by atoms with Crippen molar-refractivity contribution in [3.05, 3.63) is 41.7 Å². The first-order valence-electron chi connectivity index (χ1n) is 11.7. The Morgan fingerprint density at radius 1 is 1.29 bits per heavy atom. The van der Waals surface area contributed by atoms with E-state index in [0.29, 0.717) is 29.9 Å². The molecule has 2 heterocycles. The fourth-order valence-corrected chi connectivity index (χ4v) is 5.67. The van der Waals surface area contributed by atoms with Crippen LogP contribution in [-0.2, 0) is 14.6 Å². The van der Waals surface area contributed by atoms with Gasteiger partial charge in [-0.05, 0) is 43.0 Å². The van der Waals surface area contributed by atoms with Crippen molar-refractivity contribution < 1.29 is 17.9 Å². The van der Waals surface area contributed by atoms with Crippen LogP contribution in [0, 0.1) is 5.92 Å². The van der Waals surface area contributed by atoms with Crippen molar-refractivity contribution in [2.45, 2.75) is 49.0 Å². The molecular weight excluding hydrogens is 468 g/mol. The third-order valence-corrected chi connectivity index (χ3v) is 9.30. The summed E-state index contributed by atoms with van der Waals surface area (Å²) < 4.78 is 35.4. The van der Waals surface area contributed by atoms with E-state index in [2.05, 4.69) is 35.9 Å². The van der Waals surface area contributed by atoms with E-state index in [4.69, 9.17) is 20.2 Å². The molecule has 3 N–H and O–H groups in total. The van der Waals surface area contributed by atoms with E-state index < -0.39 is 23.5 Å². The van der Waals surface area contributed by atoms with Gasteiger partial charge in [-0.2, -0.15) is 0 Å². The summed E-state index contributed by atoms with van der Waals surface area (Å²) in [4.78, 5) is 7.23. The van der Waals surface area contributed by atoms with Gasteiger partial charge in [-0.3, -0.25) is 0 Å². The number of amidine groups is 1. The van der Waals surface area contributed by atoms with Crippen LogP contribution < -0.4 is 15.8 Å². The third kappa shape index (κ3) is 5.40. The maximum atomic E-state index is 11.9. The Hall–Kier alpha value is -2.14. The van der Waals surface area contributed by atoms with Crippen LogP contribution in [0.15, 0.2) is 51.6 Å². The first-order valence-corrected chi connectivity index (χ1v) is 17.3. The van der Waals surface area contributed by atoms with Gasteiger partial charge < -0.3 is 25.4 Å². The Morgan fingerprint density at radius 3 is 2.65 bits per heavy atom. The summed E-state index contributed by atoms with van der Waals surface area (Å²) in [6, 6.07) is 5.90. The monoisotopic (exact) mass is 504 g/mol. The molecule has 0 radical (unpaired) electrons. The van der Waals surface area contributed by atoms with E-state index in [1.54, 1.807) is 12.1 Å². The zero-order chi connectivity index (χ0) is 24.7. The van der Waals surface area contributed by atoms with Crippen molar-refractivity contribution in [3.63, 3.8) is 0 Å². The number of ether oxygens (including phenoxy) is 2. The molecular formula is C24H36N4O4SSi. The van der Waals surface area contributed by atoms with Gasteiger partial charge in [0.2, 0.25) is 0 Å². The highest BCUT2D eigenvalue weighted by Crippen LogP contribution is 2.47. The van der Waals surface area contributed by atoms with E-state index in [-0.39, 0.29) is 4.90 Å². The zero-order valence-corrected chi connectivity index (χ0v) is 22.5. The molecule has 1 aromatic carbocycles. The maximum absolute atomic E-state index is 11.9. The normalized spacial score (nSPS) is 22.6. The smallest absolute Gasteiger partial charge is 0.175 e. The molecule has 1 unspecified atom stereocenters. The van der Waals surface area contributed by atoms with E-state index >= 15 is 0 Å². The highest BCUT2D eigenvalue weighted by atomic mass is 32.2. The minimum Gasteiger partial charge on any atom is -0.495 e. The summed E-state index contributed by atoms with van der Waals surface area (Å²) in [5.41, 5.74) is 8.09. The molecule has 8 nitrogen and oxygen atoms in total. The fourth-order valence-electron chi connectivity index (χ4n) is 4.27. The van der Waals surface area contributed by atoms with Crippen molar-refractivity contribution in [2.75, 3.05) is 38.6 Å². The van der Waals surface area contributed by atoms with Crippen LogP contribution in [0.2, 0.25) is 25.7 Å². The predicted molar refractivity (Wildman–Crippen MR) is 139 cm³/mol. The second kappa shape index (κ2) is 9.14. The average Bonchev–Trinajstić information content (AvgIpc) is 3.52. The molecule has 1 atom stereocenters. The van der Waals surface area contributed by atoms with Gasteiger partial charge in [0.15, 0.2) is 9.84 Å². The second-order valence-electron chi connectivity index (χ2n) is 10.6. The fraction of sp³-hybridized carbons (Fsp3) is 0.542. The highest BCUT2D eigenvalue weighted by molar-refractivity contribution is 7.90. The topological polar surface area (TPSA) is 106 Å². The van der Waals surface area contributed by atoms with Crippen LogP contribution >= 0.6 is 0 Å². The molecule has 1 aromatic rings. The van der Waals surface area contributed by atoms with E-state index in [9.17, 15) is 8.42 Å². The Bertz CT molecular complexity index is 1150. The number of hydrogen-bond acceptors (Lipinski definition) is 8. The molecule has 186 valence electrons. The van der Waals surface area contributed by atoms with E-state index in [1.807, 2.05) is 6.08 Å². The van der Waals surface area contributed by atoms with Crippen molar-refractivity contribution in [1.82, 2.24) is 4.90 Å². The summed E-state index contributed by atoms with van der Waals surface area (Å²) in [5.74, 6) is 2.28. The number of rotatable bonds is 10. The van der Waals surface area contributed by atoms with Gasteiger partial charge in [0, 0.05) is 39.1 Å². The van der Waals surface area contributed by atoms with Crippen molar-refractivity contribution in [2.24, 2.45) is 16.6 Å². The van der Waals surface area contributed by atoms with Crippen LogP contribution in [0.1, 0.15) is 12.8 Å². The van der Waals surface area contributed by atoms with Gasteiger partial charge in [0.05, 0.1) is 23.2 Å². The number of methoxy groups -OCH3 is 1. The lowest BCUT2D eigenvalue weighted by atomic mass is 9.83. The number of sulfone groups is 1. The number of aliphatic imine (C=N–C) groups is 1. The molecule has 0 bridgehead atoms. The number of anilines is 1. The number of nitrogens with two attached hydrogens (primary N) is 1.